The summed E-state index contributed by atoms with van der Waals surface area (Å²) in [6.07, 6.45) is 2.20. The summed E-state index contributed by atoms with van der Waals surface area (Å²) in [5.74, 6) is 0.946. The lowest BCUT2D eigenvalue weighted by molar-refractivity contribution is -0.130. The van der Waals surface area contributed by atoms with Crippen LogP contribution in [0.3, 0.4) is 0 Å². The molecule has 0 aliphatic carbocycles. The molecular weight excluding hydrogens is 300 g/mol. The molecule has 0 spiro atoms. The zero-order valence-corrected chi connectivity index (χ0v) is 14.4. The number of benzene rings is 2. The van der Waals surface area contributed by atoms with Gasteiger partial charge in [-0.3, -0.25) is 4.79 Å². The van der Waals surface area contributed by atoms with Gasteiger partial charge in [0.15, 0.2) is 0 Å². The van der Waals surface area contributed by atoms with Crippen LogP contribution in [0, 0.1) is 0 Å². The van der Waals surface area contributed by atoms with Crippen LogP contribution in [-0.4, -0.2) is 31.5 Å². The van der Waals surface area contributed by atoms with Crippen molar-refractivity contribution in [1.29, 1.82) is 0 Å². The van der Waals surface area contributed by atoms with Crippen LogP contribution >= 0.6 is 0 Å². The molecular formula is C20H26N2O2. The number of rotatable bonds is 8. The molecule has 2 N–H and O–H groups in total. The van der Waals surface area contributed by atoms with Gasteiger partial charge in [0.1, 0.15) is 5.75 Å². The molecule has 0 aliphatic heterocycles. The summed E-state index contributed by atoms with van der Waals surface area (Å²) >= 11 is 0. The van der Waals surface area contributed by atoms with Crippen LogP contribution in [-0.2, 0) is 11.2 Å². The van der Waals surface area contributed by atoms with Gasteiger partial charge < -0.3 is 15.4 Å². The highest BCUT2D eigenvalue weighted by Gasteiger charge is 2.14. The van der Waals surface area contributed by atoms with Gasteiger partial charge in [0.05, 0.1) is 7.11 Å². The summed E-state index contributed by atoms with van der Waals surface area (Å²) in [5, 5.41) is 0. The van der Waals surface area contributed by atoms with Gasteiger partial charge in [0.25, 0.3) is 0 Å². The number of hydrogen-bond donors (Lipinski definition) is 1. The second-order valence-electron chi connectivity index (χ2n) is 5.99. The van der Waals surface area contributed by atoms with E-state index >= 15 is 0 Å². The monoisotopic (exact) mass is 326 g/mol. The standard InChI is InChI=1S/C20H26N2O2/c1-22(14-6-7-16-10-12-18(24-2)13-11-16)20(23)15-19(21)17-8-4-3-5-9-17/h3-5,8-13,19H,6-7,14-15,21H2,1-2H3. The predicted octanol–water partition coefficient (Wildman–Crippen LogP) is 3.18. The molecule has 2 aromatic rings. The minimum atomic E-state index is -0.247. The average Bonchev–Trinajstić information content (AvgIpc) is 2.62. The summed E-state index contributed by atoms with van der Waals surface area (Å²) in [5.41, 5.74) is 8.37. The van der Waals surface area contributed by atoms with Crippen molar-refractivity contribution in [1.82, 2.24) is 4.90 Å². The van der Waals surface area contributed by atoms with Crippen LogP contribution in [0.1, 0.15) is 30.0 Å². The molecule has 0 saturated carbocycles. The second kappa shape index (κ2) is 9.08. The van der Waals surface area contributed by atoms with Crippen LogP contribution < -0.4 is 10.5 Å². The van der Waals surface area contributed by atoms with Gasteiger partial charge in [0, 0.05) is 26.1 Å². The fourth-order valence-electron chi connectivity index (χ4n) is 2.60. The predicted molar refractivity (Wildman–Crippen MR) is 96.9 cm³/mol. The number of ether oxygens (including phenoxy) is 1. The largest absolute Gasteiger partial charge is 0.497 e. The molecule has 1 atom stereocenters. The molecule has 2 rings (SSSR count). The average molecular weight is 326 g/mol. The number of amides is 1. The first kappa shape index (κ1) is 18.0. The van der Waals surface area contributed by atoms with Gasteiger partial charge in [-0.25, -0.2) is 0 Å². The minimum Gasteiger partial charge on any atom is -0.497 e. The molecule has 4 nitrogen and oxygen atoms in total. The van der Waals surface area contributed by atoms with E-state index < -0.39 is 0 Å². The molecule has 4 heteroatoms. The highest BCUT2D eigenvalue weighted by molar-refractivity contribution is 5.76. The fraction of sp³-hybridized carbons (Fsp3) is 0.350. The lowest BCUT2D eigenvalue weighted by Crippen LogP contribution is -2.30. The van der Waals surface area contributed by atoms with E-state index in [-0.39, 0.29) is 11.9 Å². The van der Waals surface area contributed by atoms with E-state index in [0.717, 1.165) is 30.7 Å². The third-order valence-electron chi connectivity index (χ3n) is 4.17. The number of methoxy groups -OCH3 is 1. The Balaban J connectivity index is 1.75. The Labute approximate surface area is 144 Å². The van der Waals surface area contributed by atoms with Crippen LogP contribution in [0.15, 0.2) is 54.6 Å². The Kier molecular flexibility index (Phi) is 6.82. The maximum absolute atomic E-state index is 12.3. The molecule has 0 saturated heterocycles. The highest BCUT2D eigenvalue weighted by atomic mass is 16.5. The molecule has 0 radical (unpaired) electrons. The topological polar surface area (TPSA) is 55.6 Å². The van der Waals surface area contributed by atoms with Gasteiger partial charge in [-0.15, -0.1) is 0 Å². The fourth-order valence-corrected chi connectivity index (χ4v) is 2.60. The molecule has 0 aliphatic rings. The molecule has 0 heterocycles. The van der Waals surface area contributed by atoms with E-state index in [9.17, 15) is 4.79 Å². The van der Waals surface area contributed by atoms with Crippen molar-refractivity contribution in [2.24, 2.45) is 5.73 Å². The van der Waals surface area contributed by atoms with Gasteiger partial charge in [-0.1, -0.05) is 42.5 Å². The maximum Gasteiger partial charge on any atom is 0.224 e. The number of aryl methyl sites for hydroxylation is 1. The summed E-state index contributed by atoms with van der Waals surface area (Å²) in [6.45, 7) is 0.729. The molecule has 0 bridgehead atoms. The van der Waals surface area contributed by atoms with Gasteiger partial charge in [-0.2, -0.15) is 0 Å². The van der Waals surface area contributed by atoms with Crippen molar-refractivity contribution in [2.75, 3.05) is 20.7 Å². The van der Waals surface area contributed by atoms with Crippen LogP contribution in [0.5, 0.6) is 5.75 Å². The first-order valence-electron chi connectivity index (χ1n) is 8.27. The maximum atomic E-state index is 12.3. The Morgan fingerprint density at radius 2 is 1.79 bits per heavy atom. The second-order valence-corrected chi connectivity index (χ2v) is 5.99. The summed E-state index contributed by atoms with van der Waals surface area (Å²) in [6, 6.07) is 17.6. The number of hydrogen-bond acceptors (Lipinski definition) is 3. The van der Waals surface area contributed by atoms with E-state index in [2.05, 4.69) is 12.1 Å². The number of carbonyl (C=O) groups is 1. The first-order valence-corrected chi connectivity index (χ1v) is 8.27. The SMILES string of the molecule is COc1ccc(CCCN(C)C(=O)CC(N)c2ccccc2)cc1. The smallest absolute Gasteiger partial charge is 0.224 e. The zero-order chi connectivity index (χ0) is 17.4. The van der Waals surface area contributed by atoms with E-state index in [1.165, 1.54) is 5.56 Å². The third kappa shape index (κ3) is 5.39. The third-order valence-corrected chi connectivity index (χ3v) is 4.17. The van der Waals surface area contributed by atoms with Crippen molar-refractivity contribution in [2.45, 2.75) is 25.3 Å². The van der Waals surface area contributed by atoms with Crippen molar-refractivity contribution < 1.29 is 9.53 Å². The summed E-state index contributed by atoms with van der Waals surface area (Å²) in [7, 11) is 3.50. The van der Waals surface area contributed by atoms with E-state index in [1.807, 2.05) is 49.5 Å². The lowest BCUT2D eigenvalue weighted by atomic mass is 10.0. The van der Waals surface area contributed by atoms with Crippen molar-refractivity contribution in [3.63, 3.8) is 0 Å². The van der Waals surface area contributed by atoms with Gasteiger partial charge >= 0.3 is 0 Å². The first-order chi connectivity index (χ1) is 11.6. The Hall–Kier alpha value is -2.33. The molecule has 0 fully saturated rings. The van der Waals surface area contributed by atoms with Crippen molar-refractivity contribution in [3.8, 4) is 5.75 Å². The Bertz CT molecular complexity index is 626. The molecule has 24 heavy (non-hydrogen) atoms. The van der Waals surface area contributed by atoms with E-state index in [4.69, 9.17) is 10.5 Å². The molecule has 128 valence electrons. The quantitative estimate of drug-likeness (QED) is 0.810. The minimum absolute atomic E-state index is 0.0843. The van der Waals surface area contributed by atoms with Crippen LogP contribution in [0.4, 0.5) is 0 Å². The highest BCUT2D eigenvalue weighted by Crippen LogP contribution is 2.15. The molecule has 1 unspecified atom stereocenters. The van der Waals surface area contributed by atoms with Crippen LogP contribution in [0.25, 0.3) is 0 Å². The normalized spacial score (nSPS) is 11.8. The zero-order valence-electron chi connectivity index (χ0n) is 14.4. The van der Waals surface area contributed by atoms with E-state index in [0.29, 0.717) is 6.42 Å². The number of carbonyl (C=O) groups excluding carboxylic acids is 1. The molecule has 0 aromatic heterocycles. The molecule has 2 aromatic carbocycles. The molecule has 1 amide bonds. The number of nitrogens with two attached hydrogens (primary N) is 1. The Morgan fingerprint density at radius 3 is 2.42 bits per heavy atom. The van der Waals surface area contributed by atoms with Crippen molar-refractivity contribution in [3.05, 3.63) is 65.7 Å². The van der Waals surface area contributed by atoms with Crippen molar-refractivity contribution >= 4 is 5.91 Å². The Morgan fingerprint density at radius 1 is 1.12 bits per heavy atom. The van der Waals surface area contributed by atoms with Crippen LogP contribution in [0.2, 0.25) is 0 Å². The van der Waals surface area contributed by atoms with Gasteiger partial charge in [0.2, 0.25) is 5.91 Å². The number of nitrogens with zero attached hydrogens (tertiary/aromatic N) is 1. The summed E-state index contributed by atoms with van der Waals surface area (Å²) in [4.78, 5) is 14.1. The summed E-state index contributed by atoms with van der Waals surface area (Å²) < 4.78 is 5.15. The van der Waals surface area contributed by atoms with E-state index in [1.54, 1.807) is 12.0 Å². The lowest BCUT2D eigenvalue weighted by Gasteiger charge is -2.20. The van der Waals surface area contributed by atoms with Gasteiger partial charge in [-0.05, 0) is 36.1 Å².